The Morgan fingerprint density at radius 1 is 1.18 bits per heavy atom. The second kappa shape index (κ2) is 7.22. The van der Waals surface area contributed by atoms with Crippen LogP contribution in [0.15, 0.2) is 18.2 Å². The SMILES string of the molecule is Cc1ccc(C(=O)[C@H](C#N)C(=O)NC2CCCCC2)cc1C. The van der Waals surface area contributed by atoms with E-state index in [9.17, 15) is 14.9 Å². The average Bonchev–Trinajstić information content (AvgIpc) is 2.51. The summed E-state index contributed by atoms with van der Waals surface area (Å²) in [5.74, 6) is -2.14. The van der Waals surface area contributed by atoms with Crippen molar-refractivity contribution in [2.45, 2.75) is 52.0 Å². The number of hydrogen-bond acceptors (Lipinski definition) is 3. The third-order valence-electron chi connectivity index (χ3n) is 4.40. The van der Waals surface area contributed by atoms with Crippen LogP contribution in [0.4, 0.5) is 0 Å². The Bertz CT molecular complexity index is 610. The number of hydrogen-bond donors (Lipinski definition) is 1. The summed E-state index contributed by atoms with van der Waals surface area (Å²) in [6.45, 7) is 3.87. The molecule has 0 saturated heterocycles. The summed E-state index contributed by atoms with van der Waals surface area (Å²) in [5, 5.41) is 12.1. The molecule has 0 aliphatic heterocycles. The fraction of sp³-hybridized carbons (Fsp3) is 0.500. The van der Waals surface area contributed by atoms with E-state index < -0.39 is 17.6 Å². The highest BCUT2D eigenvalue weighted by atomic mass is 16.2. The average molecular weight is 298 g/mol. The quantitative estimate of drug-likeness (QED) is 0.686. The molecule has 0 heterocycles. The Kier molecular flexibility index (Phi) is 5.32. The Labute approximate surface area is 131 Å². The number of benzene rings is 1. The van der Waals surface area contributed by atoms with Crippen molar-refractivity contribution >= 4 is 11.7 Å². The molecule has 0 aromatic heterocycles. The van der Waals surface area contributed by atoms with Crippen LogP contribution in [0.2, 0.25) is 0 Å². The molecule has 1 aliphatic carbocycles. The number of carbonyl (C=O) groups is 2. The van der Waals surface area contributed by atoms with Crippen molar-refractivity contribution in [1.29, 1.82) is 5.26 Å². The minimum Gasteiger partial charge on any atom is -0.352 e. The molecule has 1 aromatic carbocycles. The summed E-state index contributed by atoms with van der Waals surface area (Å²) in [6.07, 6.45) is 5.24. The first-order valence-electron chi connectivity index (χ1n) is 7.84. The standard InChI is InChI=1S/C18H22N2O2/c1-12-8-9-14(10-13(12)2)17(21)16(11-19)18(22)20-15-6-4-3-5-7-15/h8-10,15-16H,3-7H2,1-2H3,(H,20,22)/t16-/m0/s1. The number of nitrogens with one attached hydrogen (secondary N) is 1. The molecule has 116 valence electrons. The van der Waals surface area contributed by atoms with E-state index in [4.69, 9.17) is 0 Å². The molecule has 1 N–H and O–H groups in total. The second-order valence-electron chi connectivity index (χ2n) is 6.07. The van der Waals surface area contributed by atoms with E-state index in [1.165, 1.54) is 6.42 Å². The van der Waals surface area contributed by atoms with Crippen molar-refractivity contribution in [3.05, 3.63) is 34.9 Å². The van der Waals surface area contributed by atoms with Crippen molar-refractivity contribution in [3.8, 4) is 6.07 Å². The Morgan fingerprint density at radius 2 is 1.86 bits per heavy atom. The molecule has 22 heavy (non-hydrogen) atoms. The van der Waals surface area contributed by atoms with Crippen LogP contribution in [0.25, 0.3) is 0 Å². The highest BCUT2D eigenvalue weighted by molar-refractivity contribution is 6.12. The minimum atomic E-state index is -1.26. The minimum absolute atomic E-state index is 0.102. The first-order valence-corrected chi connectivity index (χ1v) is 7.84. The monoisotopic (exact) mass is 298 g/mol. The lowest BCUT2D eigenvalue weighted by Gasteiger charge is -2.23. The molecule has 1 aromatic rings. The highest BCUT2D eigenvalue weighted by Gasteiger charge is 2.29. The molecular formula is C18H22N2O2. The summed E-state index contributed by atoms with van der Waals surface area (Å²) >= 11 is 0. The van der Waals surface area contributed by atoms with Gasteiger partial charge in [0.25, 0.3) is 0 Å². The van der Waals surface area contributed by atoms with Crippen LogP contribution >= 0.6 is 0 Å². The lowest BCUT2D eigenvalue weighted by Crippen LogP contribution is -2.42. The van der Waals surface area contributed by atoms with Crippen LogP contribution in [0, 0.1) is 31.1 Å². The van der Waals surface area contributed by atoms with Gasteiger partial charge >= 0.3 is 0 Å². The molecule has 1 amide bonds. The molecule has 1 aliphatic rings. The molecule has 4 nitrogen and oxygen atoms in total. The van der Waals surface area contributed by atoms with E-state index in [1.807, 2.05) is 26.0 Å². The molecule has 1 atom stereocenters. The van der Waals surface area contributed by atoms with Gasteiger partial charge in [0, 0.05) is 11.6 Å². The maximum Gasteiger partial charge on any atom is 0.245 e. The Balaban J connectivity index is 2.09. The fourth-order valence-corrected chi connectivity index (χ4v) is 2.83. The fourth-order valence-electron chi connectivity index (χ4n) is 2.83. The number of aryl methyl sites for hydroxylation is 2. The van der Waals surface area contributed by atoms with Crippen LogP contribution in [0.1, 0.15) is 53.6 Å². The summed E-state index contributed by atoms with van der Waals surface area (Å²) in [5.41, 5.74) is 2.49. The van der Waals surface area contributed by atoms with E-state index >= 15 is 0 Å². The molecule has 0 unspecified atom stereocenters. The van der Waals surface area contributed by atoms with E-state index in [0.717, 1.165) is 36.8 Å². The summed E-state index contributed by atoms with van der Waals surface area (Å²) < 4.78 is 0. The zero-order valence-electron chi connectivity index (χ0n) is 13.2. The van der Waals surface area contributed by atoms with Gasteiger partial charge in [0.2, 0.25) is 5.91 Å². The van der Waals surface area contributed by atoms with Crippen molar-refractivity contribution in [3.63, 3.8) is 0 Å². The van der Waals surface area contributed by atoms with Crippen LogP contribution in [0.5, 0.6) is 0 Å². The first kappa shape index (κ1) is 16.2. The molecule has 0 radical (unpaired) electrons. The predicted molar refractivity (Wildman–Crippen MR) is 84.4 cm³/mol. The molecule has 0 spiro atoms. The summed E-state index contributed by atoms with van der Waals surface area (Å²) in [7, 11) is 0. The maximum atomic E-state index is 12.4. The number of ketones is 1. The second-order valence-corrected chi connectivity index (χ2v) is 6.07. The van der Waals surface area contributed by atoms with E-state index in [1.54, 1.807) is 12.1 Å². The number of amides is 1. The Hall–Kier alpha value is -2.15. The van der Waals surface area contributed by atoms with Crippen LogP contribution in [-0.4, -0.2) is 17.7 Å². The number of carbonyl (C=O) groups excluding carboxylic acids is 2. The van der Waals surface area contributed by atoms with Gasteiger partial charge in [0.15, 0.2) is 11.7 Å². The van der Waals surface area contributed by atoms with Gasteiger partial charge in [-0.25, -0.2) is 0 Å². The first-order chi connectivity index (χ1) is 10.5. The third-order valence-corrected chi connectivity index (χ3v) is 4.40. The summed E-state index contributed by atoms with van der Waals surface area (Å²) in [4.78, 5) is 24.7. The molecule has 2 rings (SSSR count). The van der Waals surface area contributed by atoms with Gasteiger partial charge < -0.3 is 5.32 Å². The van der Waals surface area contributed by atoms with Crippen molar-refractivity contribution in [2.75, 3.05) is 0 Å². The van der Waals surface area contributed by atoms with Crippen molar-refractivity contribution < 1.29 is 9.59 Å². The van der Waals surface area contributed by atoms with Gasteiger partial charge in [-0.2, -0.15) is 5.26 Å². The van der Waals surface area contributed by atoms with E-state index in [2.05, 4.69) is 5.32 Å². The number of rotatable bonds is 4. The molecule has 1 saturated carbocycles. The van der Waals surface area contributed by atoms with Crippen LogP contribution in [0.3, 0.4) is 0 Å². The molecule has 1 fully saturated rings. The zero-order chi connectivity index (χ0) is 16.1. The largest absolute Gasteiger partial charge is 0.352 e. The smallest absolute Gasteiger partial charge is 0.245 e. The van der Waals surface area contributed by atoms with Gasteiger partial charge in [-0.3, -0.25) is 9.59 Å². The van der Waals surface area contributed by atoms with E-state index in [-0.39, 0.29) is 6.04 Å². The van der Waals surface area contributed by atoms with Crippen LogP contribution < -0.4 is 5.32 Å². The van der Waals surface area contributed by atoms with Crippen molar-refractivity contribution in [2.24, 2.45) is 5.92 Å². The maximum absolute atomic E-state index is 12.4. The normalized spacial score (nSPS) is 16.6. The van der Waals surface area contributed by atoms with Gasteiger partial charge in [0.05, 0.1) is 6.07 Å². The van der Waals surface area contributed by atoms with Crippen molar-refractivity contribution in [1.82, 2.24) is 5.32 Å². The van der Waals surface area contributed by atoms with Gasteiger partial charge in [-0.1, -0.05) is 31.4 Å². The van der Waals surface area contributed by atoms with Crippen LogP contribution in [-0.2, 0) is 4.79 Å². The van der Waals surface area contributed by atoms with E-state index in [0.29, 0.717) is 5.56 Å². The van der Waals surface area contributed by atoms with Gasteiger partial charge in [0.1, 0.15) is 0 Å². The number of nitriles is 1. The zero-order valence-corrected chi connectivity index (χ0v) is 13.2. The third kappa shape index (κ3) is 3.73. The molecule has 4 heteroatoms. The van der Waals surface area contributed by atoms with Gasteiger partial charge in [-0.05, 0) is 43.9 Å². The number of nitrogens with zero attached hydrogens (tertiary/aromatic N) is 1. The Morgan fingerprint density at radius 3 is 2.45 bits per heavy atom. The lowest BCUT2D eigenvalue weighted by molar-refractivity contribution is -0.123. The highest BCUT2D eigenvalue weighted by Crippen LogP contribution is 2.19. The molecule has 0 bridgehead atoms. The van der Waals surface area contributed by atoms with Gasteiger partial charge in [-0.15, -0.1) is 0 Å². The lowest BCUT2D eigenvalue weighted by atomic mass is 9.92. The number of Topliss-reactive ketones (excluding diaryl/α,β-unsaturated/α-hetero) is 1. The topological polar surface area (TPSA) is 70.0 Å². The predicted octanol–water partition coefficient (Wildman–Crippen LogP) is 3.07. The molecular weight excluding hydrogens is 276 g/mol. The summed E-state index contributed by atoms with van der Waals surface area (Å²) in [6, 6.07) is 7.24.